The molecule has 0 amide bonds. The largest absolute Gasteiger partial charge is 0.313 e. The van der Waals surface area contributed by atoms with Crippen LogP contribution in [0.3, 0.4) is 0 Å². The van der Waals surface area contributed by atoms with Crippen molar-refractivity contribution in [3.8, 4) is 0 Å². The molecule has 0 bridgehead atoms. The van der Waals surface area contributed by atoms with Crippen molar-refractivity contribution in [3.63, 3.8) is 0 Å². The van der Waals surface area contributed by atoms with Crippen molar-refractivity contribution < 1.29 is 8.78 Å². The molecule has 0 saturated carbocycles. The highest BCUT2D eigenvalue weighted by atomic mass is 19.2. The maximum absolute atomic E-state index is 13.4. The Labute approximate surface area is 114 Å². The average Bonchev–Trinajstić information content (AvgIpc) is 2.37. The van der Waals surface area contributed by atoms with E-state index in [0.29, 0.717) is 18.2 Å². The van der Waals surface area contributed by atoms with E-state index in [-0.39, 0.29) is 0 Å². The quantitative estimate of drug-likeness (QED) is 0.730. The van der Waals surface area contributed by atoms with E-state index in [1.807, 2.05) is 0 Å². The number of benzene rings is 1. The van der Waals surface area contributed by atoms with Gasteiger partial charge in [0.25, 0.3) is 0 Å². The number of halogens is 2. The summed E-state index contributed by atoms with van der Waals surface area (Å²) >= 11 is 0. The van der Waals surface area contributed by atoms with Crippen molar-refractivity contribution in [3.05, 3.63) is 35.4 Å². The molecule has 0 saturated heterocycles. The van der Waals surface area contributed by atoms with Crippen LogP contribution in [0.15, 0.2) is 18.2 Å². The highest BCUT2D eigenvalue weighted by molar-refractivity contribution is 5.18. The van der Waals surface area contributed by atoms with Gasteiger partial charge in [0.05, 0.1) is 0 Å². The third-order valence-corrected chi connectivity index (χ3v) is 3.34. The first-order valence-electron chi connectivity index (χ1n) is 6.86. The lowest BCUT2D eigenvalue weighted by atomic mass is 10.2. The van der Waals surface area contributed by atoms with Gasteiger partial charge in [-0.2, -0.15) is 0 Å². The zero-order chi connectivity index (χ0) is 14.3. The fourth-order valence-corrected chi connectivity index (χ4v) is 1.78. The van der Waals surface area contributed by atoms with Gasteiger partial charge in [0.1, 0.15) is 0 Å². The minimum absolute atomic E-state index is 0.379. The first kappa shape index (κ1) is 16.1. The molecule has 0 heterocycles. The van der Waals surface area contributed by atoms with E-state index in [9.17, 15) is 8.78 Å². The molecule has 0 aliphatic rings. The Morgan fingerprint density at radius 2 is 1.95 bits per heavy atom. The van der Waals surface area contributed by atoms with Gasteiger partial charge in [-0.15, -0.1) is 0 Å². The third kappa shape index (κ3) is 5.66. The van der Waals surface area contributed by atoms with Gasteiger partial charge in [-0.1, -0.05) is 12.1 Å². The molecule has 108 valence electrons. The summed E-state index contributed by atoms with van der Waals surface area (Å²) in [5.74, 6) is -1.52. The van der Waals surface area contributed by atoms with Crippen LogP contribution in [-0.4, -0.2) is 31.1 Å². The van der Waals surface area contributed by atoms with Crippen molar-refractivity contribution in [1.82, 2.24) is 10.2 Å². The maximum atomic E-state index is 13.4. The summed E-state index contributed by atoms with van der Waals surface area (Å²) in [6.07, 6.45) is 2.14. The second-order valence-corrected chi connectivity index (χ2v) is 5.17. The van der Waals surface area contributed by atoms with Crippen LogP contribution < -0.4 is 5.32 Å². The van der Waals surface area contributed by atoms with Gasteiger partial charge < -0.3 is 10.2 Å². The van der Waals surface area contributed by atoms with Gasteiger partial charge in [0.2, 0.25) is 0 Å². The molecule has 19 heavy (non-hydrogen) atoms. The number of rotatable bonds is 8. The predicted molar refractivity (Wildman–Crippen MR) is 75.1 cm³/mol. The third-order valence-electron chi connectivity index (χ3n) is 3.34. The molecule has 0 aliphatic heterocycles. The Bertz CT molecular complexity index is 380. The van der Waals surface area contributed by atoms with Crippen molar-refractivity contribution in [2.24, 2.45) is 0 Å². The summed E-state index contributed by atoms with van der Waals surface area (Å²) in [5.41, 5.74) is 0.388. The topological polar surface area (TPSA) is 15.3 Å². The number of unbranched alkanes of at least 4 members (excludes halogenated alkanes) is 1. The lowest BCUT2D eigenvalue weighted by molar-refractivity contribution is 0.268. The van der Waals surface area contributed by atoms with Gasteiger partial charge in [-0.3, -0.25) is 0 Å². The molecule has 1 N–H and O–H groups in total. The molecular weight excluding hydrogens is 246 g/mol. The standard InChI is InChI=1S/C15H24F2N2/c1-12(2)19(3)10-5-4-9-18-11-13-7-6-8-14(16)15(13)17/h6-8,12,18H,4-5,9-11H2,1-3H3. The van der Waals surface area contributed by atoms with Gasteiger partial charge in [-0.05, 0) is 52.9 Å². The Kier molecular flexibility index (Phi) is 6.95. The lowest BCUT2D eigenvalue weighted by Crippen LogP contribution is -2.27. The Morgan fingerprint density at radius 3 is 2.63 bits per heavy atom. The molecule has 0 radical (unpaired) electrons. The van der Waals surface area contributed by atoms with Crippen molar-refractivity contribution >= 4 is 0 Å². The van der Waals surface area contributed by atoms with E-state index < -0.39 is 11.6 Å². The minimum atomic E-state index is -0.780. The van der Waals surface area contributed by atoms with Crippen LogP contribution in [0.2, 0.25) is 0 Å². The van der Waals surface area contributed by atoms with E-state index in [1.165, 1.54) is 6.07 Å². The van der Waals surface area contributed by atoms with Gasteiger partial charge >= 0.3 is 0 Å². The summed E-state index contributed by atoms with van der Waals surface area (Å²) in [5, 5.41) is 3.15. The van der Waals surface area contributed by atoms with E-state index in [0.717, 1.165) is 32.0 Å². The lowest BCUT2D eigenvalue weighted by Gasteiger charge is -2.20. The minimum Gasteiger partial charge on any atom is -0.313 e. The Morgan fingerprint density at radius 1 is 1.21 bits per heavy atom. The Hall–Kier alpha value is -1.00. The summed E-state index contributed by atoms with van der Waals surface area (Å²) in [7, 11) is 2.11. The number of nitrogens with one attached hydrogen (secondary N) is 1. The Balaban J connectivity index is 2.16. The monoisotopic (exact) mass is 270 g/mol. The van der Waals surface area contributed by atoms with Crippen molar-refractivity contribution in [2.75, 3.05) is 20.1 Å². The molecule has 0 fully saturated rings. The molecule has 0 aromatic heterocycles. The SMILES string of the molecule is CC(C)N(C)CCCCNCc1cccc(F)c1F. The molecule has 0 aliphatic carbocycles. The van der Waals surface area contributed by atoms with Gasteiger partial charge in [0.15, 0.2) is 11.6 Å². The van der Waals surface area contributed by atoms with E-state index >= 15 is 0 Å². The van der Waals surface area contributed by atoms with E-state index in [2.05, 4.69) is 31.1 Å². The van der Waals surface area contributed by atoms with Crippen LogP contribution in [0.5, 0.6) is 0 Å². The molecule has 0 atom stereocenters. The predicted octanol–water partition coefficient (Wildman–Crippen LogP) is 3.17. The van der Waals surface area contributed by atoms with Crippen LogP contribution in [0, 0.1) is 11.6 Å². The fourth-order valence-electron chi connectivity index (χ4n) is 1.78. The van der Waals surface area contributed by atoms with Gasteiger partial charge in [-0.25, -0.2) is 8.78 Å². The van der Waals surface area contributed by atoms with Crippen molar-refractivity contribution in [2.45, 2.75) is 39.3 Å². The molecule has 0 spiro atoms. The molecule has 1 rings (SSSR count). The first-order chi connectivity index (χ1) is 9.02. The number of hydrogen-bond donors (Lipinski definition) is 1. The second-order valence-electron chi connectivity index (χ2n) is 5.17. The summed E-state index contributed by atoms with van der Waals surface area (Å²) < 4.78 is 26.3. The molecule has 2 nitrogen and oxygen atoms in total. The average molecular weight is 270 g/mol. The maximum Gasteiger partial charge on any atom is 0.163 e. The number of nitrogens with zero attached hydrogens (tertiary/aromatic N) is 1. The fraction of sp³-hybridized carbons (Fsp3) is 0.600. The highest BCUT2D eigenvalue weighted by Crippen LogP contribution is 2.10. The zero-order valence-corrected chi connectivity index (χ0v) is 12.0. The number of hydrogen-bond acceptors (Lipinski definition) is 2. The van der Waals surface area contributed by atoms with Crippen molar-refractivity contribution in [1.29, 1.82) is 0 Å². The summed E-state index contributed by atoms with van der Waals surface area (Å²) in [6, 6.07) is 4.85. The van der Waals surface area contributed by atoms with E-state index in [4.69, 9.17) is 0 Å². The summed E-state index contributed by atoms with van der Waals surface area (Å²) in [4.78, 5) is 2.30. The first-order valence-corrected chi connectivity index (χ1v) is 6.86. The zero-order valence-electron chi connectivity index (χ0n) is 12.0. The van der Waals surface area contributed by atoms with E-state index in [1.54, 1.807) is 6.07 Å². The molecular formula is C15H24F2N2. The van der Waals surface area contributed by atoms with Crippen LogP contribution >= 0.6 is 0 Å². The van der Waals surface area contributed by atoms with Gasteiger partial charge in [0, 0.05) is 18.2 Å². The van der Waals surface area contributed by atoms with Crippen LogP contribution in [0.25, 0.3) is 0 Å². The van der Waals surface area contributed by atoms with Crippen LogP contribution in [0.4, 0.5) is 8.78 Å². The van der Waals surface area contributed by atoms with Crippen LogP contribution in [-0.2, 0) is 6.54 Å². The smallest absolute Gasteiger partial charge is 0.163 e. The second kappa shape index (κ2) is 8.23. The normalized spacial score (nSPS) is 11.5. The highest BCUT2D eigenvalue weighted by Gasteiger charge is 2.06. The van der Waals surface area contributed by atoms with Crippen LogP contribution in [0.1, 0.15) is 32.3 Å². The molecule has 0 unspecified atom stereocenters. The summed E-state index contributed by atoms with van der Waals surface area (Å²) in [6.45, 7) is 6.61. The molecule has 4 heteroatoms. The molecule has 1 aromatic carbocycles. The molecule has 1 aromatic rings.